The molecule has 0 aromatic carbocycles. The number of aromatic nitrogens is 1. The van der Waals surface area contributed by atoms with Crippen molar-refractivity contribution < 1.29 is 9.32 Å². The number of nitrogens with two attached hydrogens (primary N) is 1. The molecule has 1 aliphatic rings. The van der Waals surface area contributed by atoms with Crippen molar-refractivity contribution in [1.82, 2.24) is 15.0 Å². The average molecular weight is 294 g/mol. The van der Waals surface area contributed by atoms with Gasteiger partial charge in [-0.05, 0) is 26.3 Å². The fourth-order valence-corrected chi connectivity index (χ4v) is 2.62. The van der Waals surface area contributed by atoms with Gasteiger partial charge in [-0.3, -0.25) is 9.69 Å². The molecule has 1 fully saturated rings. The number of carbonyl (C=O) groups excluding carboxylic acids is 1. The second kappa shape index (κ2) is 8.14. The van der Waals surface area contributed by atoms with Crippen LogP contribution in [0.25, 0.3) is 0 Å². The zero-order valence-electron chi connectivity index (χ0n) is 12.9. The highest BCUT2D eigenvalue weighted by Gasteiger charge is 2.21. The van der Waals surface area contributed by atoms with E-state index >= 15 is 0 Å². The molecular formula is C15H26N4O2. The quantitative estimate of drug-likeness (QED) is 0.763. The first-order chi connectivity index (χ1) is 10.2. The molecule has 0 radical (unpaired) electrons. The summed E-state index contributed by atoms with van der Waals surface area (Å²) >= 11 is 0. The number of piperazine rings is 1. The van der Waals surface area contributed by atoms with Crippen LogP contribution in [0.5, 0.6) is 0 Å². The lowest BCUT2D eigenvalue weighted by molar-refractivity contribution is -0.133. The van der Waals surface area contributed by atoms with Gasteiger partial charge in [-0.15, -0.1) is 0 Å². The number of unbranched alkanes of at least 4 members (excludes halogenated alkanes) is 2. The minimum atomic E-state index is 0.280. The Balaban J connectivity index is 1.66. The average Bonchev–Trinajstić information content (AvgIpc) is 2.89. The molecule has 0 spiro atoms. The fraction of sp³-hybridized carbons (Fsp3) is 0.733. The van der Waals surface area contributed by atoms with Crippen molar-refractivity contribution in [2.75, 3.05) is 32.7 Å². The molecule has 1 aromatic heterocycles. The van der Waals surface area contributed by atoms with E-state index in [9.17, 15) is 4.79 Å². The fourth-order valence-electron chi connectivity index (χ4n) is 2.62. The number of nitrogens with zero attached hydrogens (tertiary/aromatic N) is 3. The summed E-state index contributed by atoms with van der Waals surface area (Å²) in [5.41, 5.74) is 6.37. The molecule has 0 bridgehead atoms. The molecule has 0 aliphatic carbocycles. The third-order valence-electron chi connectivity index (χ3n) is 3.88. The Morgan fingerprint density at radius 3 is 2.67 bits per heavy atom. The van der Waals surface area contributed by atoms with E-state index < -0.39 is 0 Å². The molecule has 6 heteroatoms. The van der Waals surface area contributed by atoms with E-state index in [4.69, 9.17) is 10.3 Å². The van der Waals surface area contributed by atoms with Gasteiger partial charge in [0, 0.05) is 38.7 Å². The maximum Gasteiger partial charge on any atom is 0.222 e. The Labute approximate surface area is 126 Å². The van der Waals surface area contributed by atoms with E-state index in [1.165, 1.54) is 0 Å². The maximum atomic E-state index is 12.1. The molecule has 2 N–H and O–H groups in total. The predicted molar refractivity (Wildman–Crippen MR) is 80.6 cm³/mol. The first kappa shape index (κ1) is 16.0. The highest BCUT2D eigenvalue weighted by atomic mass is 16.5. The number of amides is 1. The van der Waals surface area contributed by atoms with Gasteiger partial charge < -0.3 is 15.2 Å². The summed E-state index contributed by atoms with van der Waals surface area (Å²) in [6, 6.07) is 1.97. The van der Waals surface area contributed by atoms with Crippen LogP contribution in [0.3, 0.4) is 0 Å². The van der Waals surface area contributed by atoms with E-state index in [1.54, 1.807) is 0 Å². The molecule has 0 saturated carbocycles. The van der Waals surface area contributed by atoms with Crippen molar-refractivity contribution in [3.05, 3.63) is 17.5 Å². The number of hydrogen-bond donors (Lipinski definition) is 1. The molecular weight excluding hydrogens is 268 g/mol. The highest BCUT2D eigenvalue weighted by molar-refractivity contribution is 5.76. The second-order valence-corrected chi connectivity index (χ2v) is 5.69. The van der Waals surface area contributed by atoms with E-state index in [0.29, 0.717) is 13.0 Å². The topological polar surface area (TPSA) is 75.6 Å². The zero-order chi connectivity index (χ0) is 15.1. The minimum Gasteiger partial charge on any atom is -0.360 e. The minimum absolute atomic E-state index is 0.280. The van der Waals surface area contributed by atoms with Gasteiger partial charge in [0.15, 0.2) is 5.76 Å². The SMILES string of the molecule is Cc1cc(CN2CCN(C(=O)CCCCCN)CC2)on1. The van der Waals surface area contributed by atoms with E-state index in [1.807, 2.05) is 17.9 Å². The maximum absolute atomic E-state index is 12.1. The first-order valence-corrected chi connectivity index (χ1v) is 7.81. The Morgan fingerprint density at radius 2 is 2.05 bits per heavy atom. The molecule has 6 nitrogen and oxygen atoms in total. The summed E-state index contributed by atoms with van der Waals surface area (Å²) in [5, 5.41) is 3.90. The van der Waals surface area contributed by atoms with Crippen molar-refractivity contribution in [3.63, 3.8) is 0 Å². The number of aryl methyl sites for hydroxylation is 1. The van der Waals surface area contributed by atoms with Crippen molar-refractivity contribution in [2.24, 2.45) is 5.73 Å². The normalized spacial score (nSPS) is 16.4. The third-order valence-corrected chi connectivity index (χ3v) is 3.88. The van der Waals surface area contributed by atoms with Crippen LogP contribution in [0.4, 0.5) is 0 Å². The standard InChI is InChI=1S/C15H26N4O2/c1-13-11-14(21-17-13)12-18-7-9-19(10-8-18)15(20)5-3-2-4-6-16/h11H,2-10,12,16H2,1H3. The van der Waals surface area contributed by atoms with Crippen LogP contribution < -0.4 is 5.73 Å². The highest BCUT2D eigenvalue weighted by Crippen LogP contribution is 2.11. The molecule has 21 heavy (non-hydrogen) atoms. The van der Waals surface area contributed by atoms with Crippen molar-refractivity contribution in [2.45, 2.75) is 39.2 Å². The lowest BCUT2D eigenvalue weighted by atomic mass is 10.1. The van der Waals surface area contributed by atoms with Crippen LogP contribution >= 0.6 is 0 Å². The molecule has 0 unspecified atom stereocenters. The summed E-state index contributed by atoms with van der Waals surface area (Å²) < 4.78 is 5.23. The molecule has 118 valence electrons. The number of hydrogen-bond acceptors (Lipinski definition) is 5. The molecule has 1 aromatic rings. The van der Waals surface area contributed by atoms with Crippen LogP contribution in [0.2, 0.25) is 0 Å². The van der Waals surface area contributed by atoms with Gasteiger partial charge in [0.1, 0.15) is 0 Å². The summed E-state index contributed by atoms with van der Waals surface area (Å²) in [5.74, 6) is 1.18. The van der Waals surface area contributed by atoms with Crippen LogP contribution in [0.15, 0.2) is 10.6 Å². The van der Waals surface area contributed by atoms with E-state index in [0.717, 1.165) is 63.4 Å². The summed E-state index contributed by atoms with van der Waals surface area (Å²) in [6.07, 6.45) is 3.67. The van der Waals surface area contributed by atoms with E-state index in [-0.39, 0.29) is 5.91 Å². The molecule has 2 rings (SSSR count). The van der Waals surface area contributed by atoms with Crippen LogP contribution in [0, 0.1) is 6.92 Å². The third kappa shape index (κ3) is 5.13. The summed E-state index contributed by atoms with van der Waals surface area (Å²) in [4.78, 5) is 16.4. The summed E-state index contributed by atoms with van der Waals surface area (Å²) in [7, 11) is 0. The lowest BCUT2D eigenvalue weighted by Gasteiger charge is -2.34. The predicted octanol–water partition coefficient (Wildman–Crippen LogP) is 1.15. The smallest absolute Gasteiger partial charge is 0.222 e. The lowest BCUT2D eigenvalue weighted by Crippen LogP contribution is -2.48. The van der Waals surface area contributed by atoms with Crippen molar-refractivity contribution in [1.29, 1.82) is 0 Å². The van der Waals surface area contributed by atoms with Crippen LogP contribution in [-0.4, -0.2) is 53.6 Å². The second-order valence-electron chi connectivity index (χ2n) is 5.69. The molecule has 0 atom stereocenters. The Kier molecular flexibility index (Phi) is 6.20. The van der Waals surface area contributed by atoms with Crippen LogP contribution in [0.1, 0.15) is 37.1 Å². The van der Waals surface area contributed by atoms with Gasteiger partial charge >= 0.3 is 0 Å². The number of carbonyl (C=O) groups is 1. The monoisotopic (exact) mass is 294 g/mol. The molecule has 1 amide bonds. The molecule has 2 heterocycles. The van der Waals surface area contributed by atoms with Crippen molar-refractivity contribution in [3.8, 4) is 0 Å². The Bertz CT molecular complexity index is 439. The van der Waals surface area contributed by atoms with Gasteiger partial charge in [0.2, 0.25) is 5.91 Å². The van der Waals surface area contributed by atoms with Crippen LogP contribution in [-0.2, 0) is 11.3 Å². The van der Waals surface area contributed by atoms with Gasteiger partial charge in [-0.2, -0.15) is 0 Å². The summed E-state index contributed by atoms with van der Waals surface area (Å²) in [6.45, 7) is 6.83. The first-order valence-electron chi connectivity index (χ1n) is 7.81. The zero-order valence-corrected chi connectivity index (χ0v) is 12.9. The van der Waals surface area contributed by atoms with Gasteiger partial charge in [-0.25, -0.2) is 0 Å². The van der Waals surface area contributed by atoms with E-state index in [2.05, 4.69) is 10.1 Å². The molecule has 1 saturated heterocycles. The Morgan fingerprint density at radius 1 is 1.29 bits per heavy atom. The van der Waals surface area contributed by atoms with Gasteiger partial charge in [0.05, 0.1) is 12.2 Å². The Hall–Kier alpha value is -1.40. The van der Waals surface area contributed by atoms with Gasteiger partial charge in [0.25, 0.3) is 0 Å². The van der Waals surface area contributed by atoms with Crippen molar-refractivity contribution >= 4 is 5.91 Å². The largest absolute Gasteiger partial charge is 0.360 e. The van der Waals surface area contributed by atoms with Gasteiger partial charge in [-0.1, -0.05) is 11.6 Å². The molecule has 1 aliphatic heterocycles. The number of rotatable bonds is 7.